The Morgan fingerprint density at radius 3 is 2.79 bits per heavy atom. The molecule has 1 aromatic carbocycles. The molecule has 0 spiro atoms. The fourth-order valence-electron chi connectivity index (χ4n) is 2.48. The van der Waals surface area contributed by atoms with Crippen LogP contribution in [-0.4, -0.2) is 41.1 Å². The van der Waals surface area contributed by atoms with Gasteiger partial charge in [0, 0.05) is 18.2 Å². The summed E-state index contributed by atoms with van der Waals surface area (Å²) in [7, 11) is 0. The number of aromatic nitrogens is 2. The second-order valence-corrected chi connectivity index (χ2v) is 5.68. The lowest BCUT2D eigenvalue weighted by Crippen LogP contribution is -2.31. The Labute approximate surface area is 136 Å². The van der Waals surface area contributed by atoms with E-state index in [1.54, 1.807) is 10.9 Å². The number of nitrogens with one attached hydrogen (secondary N) is 1. The van der Waals surface area contributed by atoms with Crippen molar-refractivity contribution >= 4 is 5.91 Å². The molecule has 1 aliphatic rings. The molecule has 1 fully saturated rings. The Morgan fingerprint density at radius 2 is 2.08 bits per heavy atom. The van der Waals surface area contributed by atoms with E-state index in [0.717, 1.165) is 17.7 Å². The van der Waals surface area contributed by atoms with E-state index in [9.17, 15) is 18.0 Å². The van der Waals surface area contributed by atoms with Crippen LogP contribution in [0.5, 0.6) is 0 Å². The van der Waals surface area contributed by atoms with Gasteiger partial charge in [0.05, 0.1) is 11.9 Å². The van der Waals surface area contributed by atoms with Gasteiger partial charge in [0.25, 0.3) is 0 Å². The molecule has 1 amide bonds. The minimum absolute atomic E-state index is 0.0830. The van der Waals surface area contributed by atoms with E-state index in [1.165, 1.54) is 0 Å². The van der Waals surface area contributed by atoms with Crippen molar-refractivity contribution in [3.63, 3.8) is 0 Å². The lowest BCUT2D eigenvalue weighted by molar-refractivity contribution is -0.175. The van der Waals surface area contributed by atoms with Gasteiger partial charge in [-0.05, 0) is 24.1 Å². The van der Waals surface area contributed by atoms with Crippen molar-refractivity contribution in [3.05, 3.63) is 48.3 Å². The highest BCUT2D eigenvalue weighted by Crippen LogP contribution is 2.40. The first kappa shape index (κ1) is 16.5. The average Bonchev–Trinajstić information content (AvgIpc) is 3.10. The zero-order chi connectivity index (χ0) is 17.2. The third kappa shape index (κ3) is 4.35. The van der Waals surface area contributed by atoms with E-state index >= 15 is 0 Å². The van der Waals surface area contributed by atoms with Crippen molar-refractivity contribution in [3.8, 4) is 5.69 Å². The van der Waals surface area contributed by atoms with E-state index in [1.807, 2.05) is 36.5 Å². The third-order valence-electron chi connectivity index (χ3n) is 3.69. The van der Waals surface area contributed by atoms with Crippen LogP contribution in [0.25, 0.3) is 5.69 Å². The van der Waals surface area contributed by atoms with Crippen LogP contribution in [0.2, 0.25) is 0 Å². The first-order valence-corrected chi connectivity index (χ1v) is 7.46. The zero-order valence-corrected chi connectivity index (χ0v) is 12.7. The number of carbonyl (C=O) groups excluding carboxylic acids is 1. The summed E-state index contributed by atoms with van der Waals surface area (Å²) in [5.74, 6) is -0.406. The lowest BCUT2D eigenvalue weighted by atomic mass is 10.2. The monoisotopic (exact) mass is 339 g/mol. The highest BCUT2D eigenvalue weighted by atomic mass is 19.4. The maximum atomic E-state index is 11.9. The second kappa shape index (κ2) is 6.64. The Kier molecular flexibility index (Phi) is 4.57. The molecule has 1 N–H and O–H groups in total. The number of rotatable bonds is 6. The number of alkyl halides is 3. The van der Waals surface area contributed by atoms with Gasteiger partial charge >= 0.3 is 6.18 Å². The molecule has 0 bridgehead atoms. The van der Waals surface area contributed by atoms with Gasteiger partial charge < -0.3 is 10.1 Å². The number of hydrogen-bond acceptors (Lipinski definition) is 3. The number of para-hydroxylation sites is 1. The minimum atomic E-state index is -4.42. The van der Waals surface area contributed by atoms with Crippen molar-refractivity contribution in [1.82, 2.24) is 15.1 Å². The topological polar surface area (TPSA) is 56.1 Å². The van der Waals surface area contributed by atoms with Gasteiger partial charge in [0.15, 0.2) is 0 Å². The molecule has 3 rings (SSSR count). The van der Waals surface area contributed by atoms with Crippen LogP contribution < -0.4 is 5.32 Å². The van der Waals surface area contributed by atoms with Gasteiger partial charge in [-0.2, -0.15) is 18.3 Å². The molecule has 2 aromatic rings. The van der Waals surface area contributed by atoms with Crippen molar-refractivity contribution in [2.45, 2.75) is 24.6 Å². The summed E-state index contributed by atoms with van der Waals surface area (Å²) < 4.78 is 41.9. The van der Waals surface area contributed by atoms with Gasteiger partial charge in [-0.1, -0.05) is 18.2 Å². The van der Waals surface area contributed by atoms with Gasteiger partial charge in [-0.25, -0.2) is 4.68 Å². The van der Waals surface area contributed by atoms with E-state index in [-0.39, 0.29) is 12.0 Å². The van der Waals surface area contributed by atoms with Gasteiger partial charge in [0.1, 0.15) is 13.2 Å². The van der Waals surface area contributed by atoms with Crippen LogP contribution in [0.3, 0.4) is 0 Å². The molecular formula is C16H16F3N3O2. The maximum absolute atomic E-state index is 11.9. The molecule has 0 aliphatic heterocycles. The molecule has 1 aliphatic carbocycles. The van der Waals surface area contributed by atoms with E-state index in [2.05, 4.69) is 15.2 Å². The molecule has 0 unspecified atom stereocenters. The first-order chi connectivity index (χ1) is 11.4. The van der Waals surface area contributed by atoms with Gasteiger partial charge in [-0.3, -0.25) is 4.79 Å². The van der Waals surface area contributed by atoms with Crippen LogP contribution >= 0.6 is 0 Å². The summed E-state index contributed by atoms with van der Waals surface area (Å²) in [4.78, 5) is 11.6. The fraction of sp³-hybridized carbons (Fsp3) is 0.375. The summed E-state index contributed by atoms with van der Waals surface area (Å²) >= 11 is 0. The smallest absolute Gasteiger partial charge is 0.362 e. The molecule has 128 valence electrons. The minimum Gasteiger partial charge on any atom is -0.362 e. The van der Waals surface area contributed by atoms with Crippen LogP contribution in [-0.2, 0) is 9.53 Å². The molecule has 1 aromatic heterocycles. The molecule has 1 heterocycles. The molecule has 0 saturated heterocycles. The van der Waals surface area contributed by atoms with Gasteiger partial charge in [0.2, 0.25) is 5.91 Å². The first-order valence-electron chi connectivity index (χ1n) is 7.46. The predicted molar refractivity (Wildman–Crippen MR) is 79.7 cm³/mol. The molecule has 0 radical (unpaired) electrons. The predicted octanol–water partition coefficient (Wildman–Crippen LogP) is 2.42. The summed E-state index contributed by atoms with van der Waals surface area (Å²) in [6.07, 6.45) is -0.0454. The van der Waals surface area contributed by atoms with E-state index in [0.29, 0.717) is 0 Å². The number of ether oxygens (including phenoxy) is 1. The summed E-state index contributed by atoms with van der Waals surface area (Å²) in [5.41, 5.74) is 1.92. The van der Waals surface area contributed by atoms with Crippen LogP contribution in [0.15, 0.2) is 42.7 Å². The SMILES string of the molecule is O=C(COCC(F)(F)F)N[C@@H]1C[C@H]1c1cnn(-c2ccccc2)c1. The number of amides is 1. The number of hydrogen-bond donors (Lipinski definition) is 1. The van der Waals surface area contributed by atoms with Crippen molar-refractivity contribution in [2.24, 2.45) is 0 Å². The number of carbonyl (C=O) groups is 1. The Morgan fingerprint density at radius 1 is 1.33 bits per heavy atom. The van der Waals surface area contributed by atoms with E-state index < -0.39 is 25.3 Å². The molecule has 8 heteroatoms. The Bertz CT molecular complexity index is 700. The van der Waals surface area contributed by atoms with Crippen LogP contribution in [0.1, 0.15) is 17.9 Å². The van der Waals surface area contributed by atoms with Crippen molar-refractivity contribution in [1.29, 1.82) is 0 Å². The molecule has 1 saturated carbocycles. The van der Waals surface area contributed by atoms with Gasteiger partial charge in [-0.15, -0.1) is 0 Å². The Balaban J connectivity index is 1.48. The summed E-state index contributed by atoms with van der Waals surface area (Å²) in [6.45, 7) is -2.01. The molecule has 2 atom stereocenters. The van der Waals surface area contributed by atoms with E-state index in [4.69, 9.17) is 0 Å². The zero-order valence-electron chi connectivity index (χ0n) is 12.7. The van der Waals surface area contributed by atoms with Crippen molar-refractivity contribution in [2.75, 3.05) is 13.2 Å². The highest BCUT2D eigenvalue weighted by molar-refractivity contribution is 5.78. The molecule has 24 heavy (non-hydrogen) atoms. The third-order valence-corrected chi connectivity index (χ3v) is 3.69. The molecular weight excluding hydrogens is 323 g/mol. The van der Waals surface area contributed by atoms with Crippen LogP contribution in [0.4, 0.5) is 13.2 Å². The second-order valence-electron chi connectivity index (χ2n) is 5.68. The number of benzene rings is 1. The van der Waals surface area contributed by atoms with Crippen LogP contribution in [0, 0.1) is 0 Å². The summed E-state index contributed by atoms with van der Waals surface area (Å²) in [5, 5.41) is 6.96. The standard InChI is InChI=1S/C16H16F3N3O2/c17-16(18,19)10-24-9-15(23)21-14-6-13(14)11-7-20-22(8-11)12-4-2-1-3-5-12/h1-5,7-8,13-14H,6,9-10H2,(H,21,23)/t13-,14+/m0/s1. The number of nitrogens with zero attached hydrogens (tertiary/aromatic N) is 2. The fourth-order valence-corrected chi connectivity index (χ4v) is 2.48. The number of halogens is 3. The highest BCUT2D eigenvalue weighted by Gasteiger charge is 2.40. The normalized spacial score (nSPS) is 20.0. The quantitative estimate of drug-likeness (QED) is 0.879. The average molecular weight is 339 g/mol. The maximum Gasteiger partial charge on any atom is 0.411 e. The van der Waals surface area contributed by atoms with Crippen molar-refractivity contribution < 1.29 is 22.7 Å². The summed E-state index contributed by atoms with van der Waals surface area (Å²) in [6, 6.07) is 9.53. The Hall–Kier alpha value is -2.35. The molecule has 5 nitrogen and oxygen atoms in total. The lowest BCUT2D eigenvalue weighted by Gasteiger charge is -2.08. The largest absolute Gasteiger partial charge is 0.411 e.